The zero-order valence-corrected chi connectivity index (χ0v) is 16.0. The lowest BCUT2D eigenvalue weighted by Gasteiger charge is -2.18. The molecule has 1 aromatic rings. The molecular weight excluding hydrogens is 360 g/mol. The summed E-state index contributed by atoms with van der Waals surface area (Å²) in [5, 5.41) is 0. The molecule has 7 nitrogen and oxygen atoms in total. The Morgan fingerprint density at radius 1 is 0.923 bits per heavy atom. The number of rotatable bonds is 4. The minimum absolute atomic E-state index is 0.0285. The van der Waals surface area contributed by atoms with E-state index in [2.05, 4.69) is 0 Å². The molecule has 8 heteroatoms. The second kappa shape index (κ2) is 11.6. The summed E-state index contributed by atoms with van der Waals surface area (Å²) in [5.41, 5.74) is 0.990. The lowest BCUT2D eigenvalue weighted by atomic mass is 10.2. The minimum Gasteiger partial charge on any atom is -0.379 e. The lowest BCUT2D eigenvalue weighted by Crippen LogP contribution is -2.25. The molecule has 1 unspecified atom stereocenters. The number of benzene rings is 1. The van der Waals surface area contributed by atoms with Gasteiger partial charge in [-0.15, -0.1) is 0 Å². The minimum atomic E-state index is -3.80. The molecule has 0 aliphatic carbocycles. The van der Waals surface area contributed by atoms with E-state index in [0.717, 1.165) is 12.0 Å². The number of ether oxygens (including phenoxy) is 4. The number of hydrogen-bond acceptors (Lipinski definition) is 7. The Morgan fingerprint density at radius 2 is 1.50 bits per heavy atom. The quantitative estimate of drug-likeness (QED) is 0.729. The summed E-state index contributed by atoms with van der Waals surface area (Å²) in [6, 6.07) is 6.57. The molecule has 0 spiro atoms. The molecule has 0 aromatic heterocycles. The monoisotopic (exact) mass is 388 g/mol. The van der Waals surface area contributed by atoms with Gasteiger partial charge in [0, 0.05) is 6.61 Å². The van der Waals surface area contributed by atoms with Gasteiger partial charge >= 0.3 is 0 Å². The highest BCUT2D eigenvalue weighted by Crippen LogP contribution is 2.15. The molecule has 26 heavy (non-hydrogen) atoms. The van der Waals surface area contributed by atoms with Crippen LogP contribution in [0.15, 0.2) is 29.2 Å². The Balaban J connectivity index is 1.85. The van der Waals surface area contributed by atoms with E-state index < -0.39 is 10.1 Å². The van der Waals surface area contributed by atoms with Crippen molar-refractivity contribution in [3.8, 4) is 0 Å². The summed E-state index contributed by atoms with van der Waals surface area (Å²) in [4.78, 5) is 0.149. The smallest absolute Gasteiger partial charge is 0.297 e. The Hall–Kier alpha value is -1.03. The fourth-order valence-electron chi connectivity index (χ4n) is 2.38. The average Bonchev–Trinajstić information content (AvgIpc) is 2.63. The normalized spacial score (nSPS) is 21.8. The van der Waals surface area contributed by atoms with Crippen molar-refractivity contribution in [2.24, 2.45) is 0 Å². The first kappa shape index (κ1) is 21.3. The molecule has 1 atom stereocenters. The third kappa shape index (κ3) is 8.11. The van der Waals surface area contributed by atoms with Crippen LogP contribution in [0.1, 0.15) is 18.4 Å². The van der Waals surface area contributed by atoms with Gasteiger partial charge in [0.15, 0.2) is 0 Å². The van der Waals surface area contributed by atoms with Crippen LogP contribution in [0.2, 0.25) is 0 Å². The second-order valence-corrected chi connectivity index (χ2v) is 7.64. The summed E-state index contributed by atoms with van der Waals surface area (Å²) in [6.45, 7) is 5.34. The van der Waals surface area contributed by atoms with Crippen molar-refractivity contribution in [3.05, 3.63) is 29.8 Å². The Labute approximate surface area is 155 Å². The molecule has 0 N–H and O–H groups in total. The van der Waals surface area contributed by atoms with Crippen molar-refractivity contribution in [2.45, 2.75) is 30.8 Å². The van der Waals surface area contributed by atoms with E-state index in [1.165, 1.54) is 0 Å². The molecule has 1 fully saturated rings. The standard InChI is InChI=1S/C18H28O7S/c1-16-4-6-18(7-5-16)26(19,20)25-15-17-3-2-8-21-9-10-22-11-12-23-13-14-24-17/h4-7,17H,2-3,8-15H2,1H3. The van der Waals surface area contributed by atoms with Crippen LogP contribution in [0.3, 0.4) is 0 Å². The van der Waals surface area contributed by atoms with Crippen molar-refractivity contribution in [1.82, 2.24) is 0 Å². The van der Waals surface area contributed by atoms with Crippen LogP contribution in [0.25, 0.3) is 0 Å². The van der Waals surface area contributed by atoms with Crippen LogP contribution in [-0.2, 0) is 33.2 Å². The van der Waals surface area contributed by atoms with Gasteiger partial charge in [-0.2, -0.15) is 8.42 Å². The molecule has 0 saturated carbocycles. The van der Waals surface area contributed by atoms with E-state index in [9.17, 15) is 8.42 Å². The van der Waals surface area contributed by atoms with E-state index in [1.807, 2.05) is 6.92 Å². The maximum atomic E-state index is 12.3. The third-order valence-corrected chi connectivity index (χ3v) is 5.15. The zero-order chi connectivity index (χ0) is 18.7. The van der Waals surface area contributed by atoms with Crippen LogP contribution in [0.5, 0.6) is 0 Å². The number of hydrogen-bond donors (Lipinski definition) is 0. The Bertz CT molecular complexity index is 586. The van der Waals surface area contributed by atoms with Crippen LogP contribution < -0.4 is 0 Å². The first-order valence-electron chi connectivity index (χ1n) is 8.89. The van der Waals surface area contributed by atoms with E-state index in [1.54, 1.807) is 24.3 Å². The van der Waals surface area contributed by atoms with E-state index in [0.29, 0.717) is 52.7 Å². The first-order chi connectivity index (χ1) is 12.6. The van der Waals surface area contributed by atoms with Gasteiger partial charge in [-0.3, -0.25) is 4.18 Å². The SMILES string of the molecule is Cc1ccc(S(=O)(=O)OCC2CCCOCCOCCOCCO2)cc1. The van der Waals surface area contributed by atoms with Crippen molar-refractivity contribution in [2.75, 3.05) is 52.9 Å². The predicted octanol–water partition coefficient (Wildman–Crippen LogP) is 1.93. The zero-order valence-electron chi connectivity index (χ0n) is 15.2. The van der Waals surface area contributed by atoms with Crippen molar-refractivity contribution >= 4 is 10.1 Å². The highest BCUT2D eigenvalue weighted by atomic mass is 32.2. The van der Waals surface area contributed by atoms with Crippen LogP contribution in [0, 0.1) is 6.92 Å². The molecule has 0 radical (unpaired) electrons. The van der Waals surface area contributed by atoms with Crippen molar-refractivity contribution in [1.29, 1.82) is 0 Å². The fraction of sp³-hybridized carbons (Fsp3) is 0.667. The largest absolute Gasteiger partial charge is 0.379 e. The highest BCUT2D eigenvalue weighted by Gasteiger charge is 2.19. The van der Waals surface area contributed by atoms with Gasteiger partial charge in [-0.05, 0) is 31.9 Å². The molecule has 148 valence electrons. The van der Waals surface area contributed by atoms with E-state index in [4.69, 9.17) is 23.1 Å². The third-order valence-electron chi connectivity index (χ3n) is 3.86. The summed E-state index contributed by atoms with van der Waals surface area (Å²) < 4.78 is 51.8. The summed E-state index contributed by atoms with van der Waals surface area (Å²) in [6.07, 6.45) is 1.06. The van der Waals surface area contributed by atoms with Crippen molar-refractivity contribution < 1.29 is 31.5 Å². The van der Waals surface area contributed by atoms with Crippen LogP contribution in [0.4, 0.5) is 0 Å². The van der Waals surface area contributed by atoms with Gasteiger partial charge < -0.3 is 18.9 Å². The molecule has 1 aliphatic rings. The summed E-state index contributed by atoms with van der Waals surface area (Å²) >= 11 is 0. The predicted molar refractivity (Wildman–Crippen MR) is 95.7 cm³/mol. The average molecular weight is 388 g/mol. The van der Waals surface area contributed by atoms with Gasteiger partial charge in [-0.25, -0.2) is 0 Å². The lowest BCUT2D eigenvalue weighted by molar-refractivity contribution is -0.0404. The van der Waals surface area contributed by atoms with Gasteiger partial charge in [0.05, 0.1) is 57.2 Å². The van der Waals surface area contributed by atoms with Gasteiger partial charge in [-0.1, -0.05) is 17.7 Å². The first-order valence-corrected chi connectivity index (χ1v) is 10.3. The molecule has 1 aliphatic heterocycles. The van der Waals surface area contributed by atoms with Gasteiger partial charge in [0.2, 0.25) is 0 Å². The van der Waals surface area contributed by atoms with Gasteiger partial charge in [0.1, 0.15) is 0 Å². The van der Waals surface area contributed by atoms with Crippen LogP contribution in [-0.4, -0.2) is 67.4 Å². The topological polar surface area (TPSA) is 80.3 Å². The molecule has 0 bridgehead atoms. The highest BCUT2D eigenvalue weighted by molar-refractivity contribution is 7.86. The maximum Gasteiger partial charge on any atom is 0.297 e. The summed E-state index contributed by atoms with van der Waals surface area (Å²) in [7, 11) is -3.80. The van der Waals surface area contributed by atoms with E-state index in [-0.39, 0.29) is 17.6 Å². The summed E-state index contributed by atoms with van der Waals surface area (Å²) in [5.74, 6) is 0. The van der Waals surface area contributed by atoms with Crippen molar-refractivity contribution in [3.63, 3.8) is 0 Å². The Kier molecular flexibility index (Phi) is 9.52. The maximum absolute atomic E-state index is 12.3. The van der Waals surface area contributed by atoms with Crippen LogP contribution >= 0.6 is 0 Å². The molecule has 2 rings (SSSR count). The number of aryl methyl sites for hydroxylation is 1. The molecule has 0 amide bonds. The van der Waals surface area contributed by atoms with E-state index >= 15 is 0 Å². The molecule has 1 aromatic carbocycles. The fourth-order valence-corrected chi connectivity index (χ4v) is 3.32. The molecule has 1 saturated heterocycles. The second-order valence-electron chi connectivity index (χ2n) is 6.02. The van der Waals surface area contributed by atoms with Gasteiger partial charge in [0.25, 0.3) is 10.1 Å². The Morgan fingerprint density at radius 3 is 2.15 bits per heavy atom. The molecular formula is C18H28O7S. The molecule has 1 heterocycles.